The Morgan fingerprint density at radius 1 is 1.27 bits per heavy atom. The van der Waals surface area contributed by atoms with Crippen LogP contribution in [-0.2, 0) is 0 Å². The second-order valence-electron chi connectivity index (χ2n) is 1.76. The molecule has 0 saturated heterocycles. The first-order chi connectivity index (χ1) is 5.41. The summed E-state index contributed by atoms with van der Waals surface area (Å²) in [4.78, 5) is 0. The molecule has 0 saturated carbocycles. The Hall–Kier alpha value is 0.970. The molecule has 0 amide bonds. The average molecular weight is 212 g/mol. The molecule has 11 heavy (non-hydrogen) atoms. The van der Waals surface area contributed by atoms with Gasteiger partial charge in [-0.2, -0.15) is 0 Å². The minimum atomic E-state index is 1.04. The summed E-state index contributed by atoms with van der Waals surface area (Å²) in [5, 5.41) is 3.31. The van der Waals surface area contributed by atoms with E-state index in [1.165, 1.54) is 0 Å². The van der Waals surface area contributed by atoms with Crippen molar-refractivity contribution in [2.75, 3.05) is 31.0 Å². The number of rotatable bonds is 8. The molecule has 0 atom stereocenters. The fourth-order valence-corrected chi connectivity index (χ4v) is 1.89. The summed E-state index contributed by atoms with van der Waals surface area (Å²) in [6.07, 6.45) is 2.09. The summed E-state index contributed by atoms with van der Waals surface area (Å²) in [5.41, 5.74) is 0. The van der Waals surface area contributed by atoms with E-state index in [0.717, 1.165) is 24.7 Å². The van der Waals surface area contributed by atoms with Gasteiger partial charge in [-0.1, -0.05) is 40.5 Å². The van der Waals surface area contributed by atoms with Gasteiger partial charge in [0.05, 0.1) is 5.88 Å². The van der Waals surface area contributed by atoms with Crippen molar-refractivity contribution in [1.29, 1.82) is 0 Å². The lowest BCUT2D eigenvalue weighted by atomic mass is 10.7. The fourth-order valence-electron chi connectivity index (χ4n) is 0.486. The lowest BCUT2D eigenvalue weighted by Crippen LogP contribution is -2.23. The molecule has 0 aliphatic heterocycles. The van der Waals surface area contributed by atoms with E-state index in [1.54, 1.807) is 22.7 Å². The molecule has 0 radical (unpaired) electrons. The van der Waals surface area contributed by atoms with Crippen molar-refractivity contribution in [3.8, 4) is 0 Å². The molecular weight excluding hydrogens is 196 g/mol. The summed E-state index contributed by atoms with van der Waals surface area (Å²) >= 11 is 1.77. The molecular formula is C6H16N2S3. The van der Waals surface area contributed by atoms with Crippen LogP contribution in [0.1, 0.15) is 6.92 Å². The monoisotopic (exact) mass is 212 g/mol. The van der Waals surface area contributed by atoms with Gasteiger partial charge in [-0.05, 0) is 6.26 Å². The molecule has 0 fully saturated rings. The maximum atomic E-state index is 3.31. The van der Waals surface area contributed by atoms with Crippen LogP contribution in [0.2, 0.25) is 0 Å². The van der Waals surface area contributed by atoms with Crippen molar-refractivity contribution < 1.29 is 0 Å². The SMILES string of the molecule is CCSNCCNCSSC. The van der Waals surface area contributed by atoms with Gasteiger partial charge in [0.25, 0.3) is 0 Å². The molecule has 0 aliphatic rings. The Labute approximate surface area is 81.6 Å². The van der Waals surface area contributed by atoms with Crippen molar-refractivity contribution in [2.45, 2.75) is 6.92 Å². The number of hydrogen-bond donors (Lipinski definition) is 2. The zero-order valence-corrected chi connectivity index (χ0v) is 9.50. The third-order valence-electron chi connectivity index (χ3n) is 0.929. The highest BCUT2D eigenvalue weighted by atomic mass is 33.1. The molecule has 0 heterocycles. The van der Waals surface area contributed by atoms with Gasteiger partial charge in [-0.15, -0.1) is 0 Å². The van der Waals surface area contributed by atoms with Gasteiger partial charge < -0.3 is 5.32 Å². The zero-order valence-electron chi connectivity index (χ0n) is 7.05. The molecule has 2 nitrogen and oxygen atoms in total. The largest absolute Gasteiger partial charge is 0.306 e. The van der Waals surface area contributed by atoms with E-state index in [-0.39, 0.29) is 0 Å². The van der Waals surface area contributed by atoms with Crippen molar-refractivity contribution in [3.05, 3.63) is 0 Å². The van der Waals surface area contributed by atoms with Crippen LogP contribution in [0.25, 0.3) is 0 Å². The smallest absolute Gasteiger partial charge is 0.0523 e. The van der Waals surface area contributed by atoms with Gasteiger partial charge in [0.2, 0.25) is 0 Å². The lowest BCUT2D eigenvalue weighted by Gasteiger charge is -2.03. The lowest BCUT2D eigenvalue weighted by molar-refractivity contribution is 0.762. The predicted octanol–water partition coefficient (Wildman–Crippen LogP) is 1.80. The van der Waals surface area contributed by atoms with Crippen molar-refractivity contribution in [1.82, 2.24) is 10.0 Å². The Kier molecular flexibility index (Phi) is 11.9. The quantitative estimate of drug-likeness (QED) is 0.277. The minimum absolute atomic E-state index is 1.04. The van der Waals surface area contributed by atoms with Gasteiger partial charge in [-0.3, -0.25) is 4.72 Å². The summed E-state index contributed by atoms with van der Waals surface area (Å²) < 4.78 is 3.25. The van der Waals surface area contributed by atoms with E-state index in [1.807, 2.05) is 10.8 Å². The van der Waals surface area contributed by atoms with Crippen LogP contribution in [0.5, 0.6) is 0 Å². The summed E-state index contributed by atoms with van der Waals surface area (Å²) in [6, 6.07) is 0. The summed E-state index contributed by atoms with van der Waals surface area (Å²) in [7, 11) is 3.64. The van der Waals surface area contributed by atoms with Crippen LogP contribution >= 0.6 is 33.5 Å². The second kappa shape index (κ2) is 11.0. The standard InChI is InChI=1S/C6H16N2S3/c1-3-10-8-5-4-7-6-11-9-2/h7-8H,3-6H2,1-2H3. The van der Waals surface area contributed by atoms with Gasteiger partial charge in [0.1, 0.15) is 0 Å². The average Bonchev–Trinajstić information content (AvgIpc) is 2.03. The second-order valence-corrected chi connectivity index (χ2v) is 5.48. The molecule has 0 aromatic heterocycles. The molecule has 0 aromatic carbocycles. The maximum Gasteiger partial charge on any atom is 0.0523 e. The summed E-state index contributed by atoms with van der Waals surface area (Å²) in [6.45, 7) is 4.25. The Bertz CT molecular complexity index is 64.8. The zero-order chi connectivity index (χ0) is 8.36. The van der Waals surface area contributed by atoms with E-state index in [9.17, 15) is 0 Å². The van der Waals surface area contributed by atoms with Crippen LogP contribution in [0.4, 0.5) is 0 Å². The van der Waals surface area contributed by atoms with E-state index >= 15 is 0 Å². The first-order valence-corrected chi connectivity index (χ1v) is 7.34. The topological polar surface area (TPSA) is 24.1 Å². The maximum absolute atomic E-state index is 3.31. The highest BCUT2D eigenvalue weighted by molar-refractivity contribution is 8.76. The van der Waals surface area contributed by atoms with E-state index in [0.29, 0.717) is 0 Å². The highest BCUT2D eigenvalue weighted by Gasteiger charge is 1.86. The number of hydrogen-bond acceptors (Lipinski definition) is 5. The van der Waals surface area contributed by atoms with E-state index in [4.69, 9.17) is 0 Å². The first kappa shape index (κ1) is 12.0. The van der Waals surface area contributed by atoms with Crippen molar-refractivity contribution >= 4 is 33.5 Å². The normalized spacial score (nSPS) is 10.4. The molecule has 0 aliphatic carbocycles. The fraction of sp³-hybridized carbons (Fsp3) is 1.00. The molecule has 68 valence electrons. The number of nitrogens with one attached hydrogen (secondary N) is 2. The van der Waals surface area contributed by atoms with Crippen molar-refractivity contribution in [3.63, 3.8) is 0 Å². The predicted molar refractivity (Wildman–Crippen MR) is 60.1 cm³/mol. The first-order valence-electron chi connectivity index (χ1n) is 3.62. The van der Waals surface area contributed by atoms with Gasteiger partial charge >= 0.3 is 0 Å². The molecule has 0 aromatic rings. The van der Waals surface area contributed by atoms with Gasteiger partial charge in [0.15, 0.2) is 0 Å². The molecule has 5 heteroatoms. The molecule has 2 N–H and O–H groups in total. The minimum Gasteiger partial charge on any atom is -0.306 e. The third-order valence-corrected chi connectivity index (χ3v) is 3.24. The van der Waals surface area contributed by atoms with E-state index < -0.39 is 0 Å². The highest BCUT2D eigenvalue weighted by Crippen LogP contribution is 2.13. The molecule has 0 rings (SSSR count). The van der Waals surface area contributed by atoms with E-state index in [2.05, 4.69) is 23.2 Å². The molecule has 0 unspecified atom stereocenters. The van der Waals surface area contributed by atoms with Crippen molar-refractivity contribution in [2.24, 2.45) is 0 Å². The Balaban J connectivity index is 2.69. The van der Waals surface area contributed by atoms with Crippen LogP contribution in [0.15, 0.2) is 0 Å². The third kappa shape index (κ3) is 11.0. The Morgan fingerprint density at radius 2 is 2.09 bits per heavy atom. The van der Waals surface area contributed by atoms with Crippen LogP contribution < -0.4 is 10.0 Å². The summed E-state index contributed by atoms with van der Waals surface area (Å²) in [5.74, 6) is 2.18. The van der Waals surface area contributed by atoms with Crippen LogP contribution in [0.3, 0.4) is 0 Å². The van der Waals surface area contributed by atoms with Gasteiger partial charge in [-0.25, -0.2) is 0 Å². The van der Waals surface area contributed by atoms with Crippen LogP contribution in [-0.4, -0.2) is 31.0 Å². The Morgan fingerprint density at radius 3 is 2.73 bits per heavy atom. The molecule has 0 spiro atoms. The van der Waals surface area contributed by atoms with Crippen LogP contribution in [0, 0.1) is 0 Å². The van der Waals surface area contributed by atoms with Gasteiger partial charge in [0, 0.05) is 18.8 Å². The molecule has 0 bridgehead atoms.